The number of carbonyl (C=O) groups is 1. The zero-order valence-electron chi connectivity index (χ0n) is 16.3. The number of halogens is 1. The summed E-state index contributed by atoms with van der Waals surface area (Å²) in [6.45, 7) is 3.75. The molecule has 0 unspecified atom stereocenters. The zero-order chi connectivity index (χ0) is 20.8. The van der Waals surface area contributed by atoms with Crippen molar-refractivity contribution in [2.75, 3.05) is 18.6 Å². The fourth-order valence-electron chi connectivity index (χ4n) is 4.09. The summed E-state index contributed by atoms with van der Waals surface area (Å²) in [5.41, 5.74) is 0.0186. The Morgan fingerprint density at radius 2 is 2.14 bits per heavy atom. The lowest BCUT2D eigenvalue weighted by Gasteiger charge is -2.55. The summed E-state index contributed by atoms with van der Waals surface area (Å²) in [5, 5.41) is 3.57. The Kier molecular flexibility index (Phi) is 4.82. The molecular formula is C21H21FN2O4S. The van der Waals surface area contributed by atoms with Crippen LogP contribution in [-0.2, 0) is 9.53 Å². The zero-order valence-corrected chi connectivity index (χ0v) is 17.1. The summed E-state index contributed by atoms with van der Waals surface area (Å²) in [7, 11) is 1.57. The first kappa shape index (κ1) is 19.4. The predicted molar refractivity (Wildman–Crippen MR) is 110 cm³/mol. The lowest BCUT2D eigenvalue weighted by Crippen LogP contribution is -2.71. The number of rotatable bonds is 4. The van der Waals surface area contributed by atoms with Gasteiger partial charge in [0.25, 0.3) is 0 Å². The van der Waals surface area contributed by atoms with Crippen LogP contribution in [0.4, 0.5) is 10.1 Å². The SMILES string of the molecule is CCOC(=O)[C@@H]1[C@@H]2NC(=S)N(c3cccc(F)c3)[C@@]1(C)Oc1ccc(OC)cc12. The Labute approximate surface area is 173 Å². The fourth-order valence-corrected chi connectivity index (χ4v) is 4.50. The number of fused-ring (bicyclic) bond motifs is 4. The topological polar surface area (TPSA) is 60.0 Å². The van der Waals surface area contributed by atoms with Crippen LogP contribution in [0.15, 0.2) is 42.5 Å². The smallest absolute Gasteiger partial charge is 0.317 e. The summed E-state index contributed by atoms with van der Waals surface area (Å²) >= 11 is 5.60. The number of thiocarbonyl (C=S) groups is 1. The monoisotopic (exact) mass is 416 g/mol. The van der Waals surface area contributed by atoms with Gasteiger partial charge in [-0.3, -0.25) is 9.69 Å². The maximum absolute atomic E-state index is 14.0. The summed E-state index contributed by atoms with van der Waals surface area (Å²) < 4.78 is 31.0. The average Bonchev–Trinajstić information content (AvgIpc) is 2.67. The van der Waals surface area contributed by atoms with Gasteiger partial charge in [-0.1, -0.05) is 6.07 Å². The van der Waals surface area contributed by atoms with E-state index < -0.39 is 29.5 Å². The summed E-state index contributed by atoms with van der Waals surface area (Å²) in [5.74, 6) is -0.361. The molecule has 0 spiro atoms. The van der Waals surface area contributed by atoms with Crippen LogP contribution >= 0.6 is 12.2 Å². The van der Waals surface area contributed by atoms with Gasteiger partial charge >= 0.3 is 5.97 Å². The highest BCUT2D eigenvalue weighted by atomic mass is 32.1. The molecule has 2 aliphatic heterocycles. The van der Waals surface area contributed by atoms with Crippen LogP contribution in [0.25, 0.3) is 0 Å². The summed E-state index contributed by atoms with van der Waals surface area (Å²) in [4.78, 5) is 14.6. The maximum atomic E-state index is 14.0. The highest BCUT2D eigenvalue weighted by molar-refractivity contribution is 7.80. The molecule has 1 fully saturated rings. The van der Waals surface area contributed by atoms with E-state index in [4.69, 9.17) is 26.4 Å². The third kappa shape index (κ3) is 3.07. The van der Waals surface area contributed by atoms with Crippen molar-refractivity contribution < 1.29 is 23.4 Å². The van der Waals surface area contributed by atoms with Crippen molar-refractivity contribution in [2.24, 2.45) is 5.92 Å². The lowest BCUT2D eigenvalue weighted by molar-refractivity contribution is -0.159. The average molecular weight is 416 g/mol. The van der Waals surface area contributed by atoms with Crippen molar-refractivity contribution in [1.82, 2.24) is 5.32 Å². The maximum Gasteiger partial charge on any atom is 0.317 e. The number of ether oxygens (including phenoxy) is 3. The van der Waals surface area contributed by atoms with Gasteiger partial charge in [0.1, 0.15) is 23.2 Å². The minimum atomic E-state index is -1.21. The number of nitrogens with zero attached hydrogens (tertiary/aromatic N) is 1. The van der Waals surface area contributed by atoms with Crippen molar-refractivity contribution in [2.45, 2.75) is 25.6 Å². The van der Waals surface area contributed by atoms with Crippen LogP contribution in [0.5, 0.6) is 11.5 Å². The van der Waals surface area contributed by atoms with Gasteiger partial charge < -0.3 is 19.5 Å². The van der Waals surface area contributed by atoms with E-state index in [9.17, 15) is 9.18 Å². The Morgan fingerprint density at radius 3 is 2.83 bits per heavy atom. The van der Waals surface area contributed by atoms with Crippen molar-refractivity contribution in [1.29, 1.82) is 0 Å². The first-order valence-electron chi connectivity index (χ1n) is 9.29. The lowest BCUT2D eigenvalue weighted by atomic mass is 9.79. The minimum Gasteiger partial charge on any atom is -0.497 e. The van der Waals surface area contributed by atoms with Crippen molar-refractivity contribution in [3.05, 3.63) is 53.8 Å². The van der Waals surface area contributed by atoms with Gasteiger partial charge in [0.05, 0.1) is 19.8 Å². The third-order valence-electron chi connectivity index (χ3n) is 5.31. The molecule has 8 heteroatoms. The predicted octanol–water partition coefficient (Wildman–Crippen LogP) is 3.56. The molecule has 2 aromatic rings. The first-order valence-corrected chi connectivity index (χ1v) is 9.69. The van der Waals surface area contributed by atoms with E-state index in [0.717, 1.165) is 5.56 Å². The minimum absolute atomic E-state index is 0.230. The van der Waals surface area contributed by atoms with Crippen LogP contribution in [0.3, 0.4) is 0 Å². The van der Waals surface area contributed by atoms with E-state index >= 15 is 0 Å². The molecular weight excluding hydrogens is 395 g/mol. The second kappa shape index (κ2) is 7.18. The van der Waals surface area contributed by atoms with Crippen LogP contribution in [0.2, 0.25) is 0 Å². The van der Waals surface area contributed by atoms with Gasteiger partial charge in [-0.25, -0.2) is 4.39 Å². The molecule has 0 saturated carbocycles. The van der Waals surface area contributed by atoms with Crippen LogP contribution in [0.1, 0.15) is 25.5 Å². The van der Waals surface area contributed by atoms with Crippen molar-refractivity contribution >= 4 is 29.0 Å². The number of benzene rings is 2. The number of hydrogen-bond donors (Lipinski definition) is 1. The van der Waals surface area contributed by atoms with E-state index in [1.807, 2.05) is 6.07 Å². The van der Waals surface area contributed by atoms with Gasteiger partial charge in [-0.15, -0.1) is 0 Å². The molecule has 4 rings (SSSR count). The molecule has 0 amide bonds. The second-order valence-corrected chi connectivity index (χ2v) is 7.42. The standard InChI is InChI=1S/C21H21FN2O4S/c1-4-27-19(25)17-18-15-11-14(26-3)8-9-16(15)28-21(17,2)24(20(29)23-18)13-7-5-6-12(22)10-13/h5-11,17-18H,4H2,1-3H3,(H,23,29)/t17-,18+,21-/m0/s1. The van der Waals surface area contributed by atoms with Gasteiger partial charge in [-0.2, -0.15) is 0 Å². The molecule has 2 bridgehead atoms. The van der Waals surface area contributed by atoms with E-state index in [-0.39, 0.29) is 6.61 Å². The normalized spacial score (nSPS) is 24.8. The highest BCUT2D eigenvalue weighted by Gasteiger charge is 2.60. The van der Waals surface area contributed by atoms with Crippen molar-refractivity contribution in [3.8, 4) is 11.5 Å². The number of esters is 1. The molecule has 1 N–H and O–H groups in total. The Balaban J connectivity index is 1.89. The van der Waals surface area contributed by atoms with E-state index in [0.29, 0.717) is 22.3 Å². The molecule has 2 heterocycles. The highest BCUT2D eigenvalue weighted by Crippen LogP contribution is 2.50. The van der Waals surface area contributed by atoms with E-state index in [1.165, 1.54) is 12.1 Å². The van der Waals surface area contributed by atoms with Crippen molar-refractivity contribution in [3.63, 3.8) is 0 Å². The second-order valence-electron chi connectivity index (χ2n) is 7.03. The number of hydrogen-bond acceptors (Lipinski definition) is 5. The van der Waals surface area contributed by atoms with Crippen LogP contribution in [-0.4, -0.2) is 30.5 Å². The fraction of sp³-hybridized carbons (Fsp3) is 0.333. The number of methoxy groups -OCH3 is 1. The number of anilines is 1. The van der Waals surface area contributed by atoms with E-state index in [2.05, 4.69) is 5.32 Å². The van der Waals surface area contributed by atoms with Crippen LogP contribution < -0.4 is 19.7 Å². The summed E-state index contributed by atoms with van der Waals surface area (Å²) in [6, 6.07) is 10.9. The third-order valence-corrected chi connectivity index (χ3v) is 5.61. The molecule has 0 aliphatic carbocycles. The Bertz CT molecular complexity index is 985. The number of carbonyl (C=O) groups excluding carboxylic acids is 1. The largest absolute Gasteiger partial charge is 0.497 e. The molecule has 3 atom stereocenters. The first-order chi connectivity index (χ1) is 13.9. The van der Waals surface area contributed by atoms with Gasteiger partial charge in [-0.05, 0) is 62.5 Å². The molecule has 6 nitrogen and oxygen atoms in total. The van der Waals surface area contributed by atoms with Gasteiger partial charge in [0.15, 0.2) is 5.11 Å². The number of nitrogens with one attached hydrogen (secondary N) is 1. The quantitative estimate of drug-likeness (QED) is 0.604. The molecule has 0 radical (unpaired) electrons. The molecule has 2 aromatic carbocycles. The van der Waals surface area contributed by atoms with E-state index in [1.54, 1.807) is 50.1 Å². The molecule has 2 aliphatic rings. The molecule has 0 aromatic heterocycles. The molecule has 152 valence electrons. The van der Waals surface area contributed by atoms with Gasteiger partial charge in [0, 0.05) is 11.3 Å². The van der Waals surface area contributed by atoms with Crippen LogP contribution in [0, 0.1) is 11.7 Å². The van der Waals surface area contributed by atoms with Gasteiger partial charge in [0.2, 0.25) is 5.72 Å². The summed E-state index contributed by atoms with van der Waals surface area (Å²) in [6.07, 6.45) is 0. The Hall–Kier alpha value is -2.87. The Morgan fingerprint density at radius 1 is 1.34 bits per heavy atom. The molecule has 29 heavy (non-hydrogen) atoms. The molecule has 1 saturated heterocycles.